The third kappa shape index (κ3) is 4.56. The van der Waals surface area contributed by atoms with E-state index in [1.165, 1.54) is 17.0 Å². The van der Waals surface area contributed by atoms with Crippen LogP contribution in [-0.4, -0.2) is 64.6 Å². The molecular formula is C23H23ClFN3O3. The number of hydrogen-bond acceptors (Lipinski definition) is 3. The quantitative estimate of drug-likeness (QED) is 0.682. The fourth-order valence-corrected chi connectivity index (χ4v) is 4.45. The molecule has 2 saturated heterocycles. The number of halogens is 2. The monoisotopic (exact) mass is 443 g/mol. The van der Waals surface area contributed by atoms with Crippen LogP contribution in [-0.2, 0) is 16.1 Å². The van der Waals surface area contributed by atoms with Gasteiger partial charge in [-0.2, -0.15) is 0 Å². The average molecular weight is 444 g/mol. The first-order chi connectivity index (χ1) is 14.9. The van der Waals surface area contributed by atoms with Gasteiger partial charge in [0.25, 0.3) is 5.91 Å². The lowest BCUT2D eigenvalue weighted by Crippen LogP contribution is -2.59. The zero-order valence-corrected chi connectivity index (χ0v) is 17.7. The molecule has 2 aliphatic heterocycles. The molecule has 0 saturated carbocycles. The summed E-state index contributed by atoms with van der Waals surface area (Å²) in [5.41, 5.74) is 1.13. The van der Waals surface area contributed by atoms with E-state index in [1.54, 1.807) is 46.2 Å². The van der Waals surface area contributed by atoms with Crippen LogP contribution in [0.3, 0.4) is 0 Å². The maximum absolute atomic E-state index is 13.4. The van der Waals surface area contributed by atoms with Crippen molar-refractivity contribution in [1.82, 2.24) is 14.7 Å². The number of carbonyl (C=O) groups excluding carboxylic acids is 3. The van der Waals surface area contributed by atoms with Crippen molar-refractivity contribution in [2.24, 2.45) is 0 Å². The predicted molar refractivity (Wildman–Crippen MR) is 114 cm³/mol. The fourth-order valence-electron chi connectivity index (χ4n) is 4.23. The Morgan fingerprint density at radius 2 is 1.71 bits per heavy atom. The molecule has 162 valence electrons. The van der Waals surface area contributed by atoms with Crippen LogP contribution in [0.5, 0.6) is 0 Å². The summed E-state index contributed by atoms with van der Waals surface area (Å²) in [7, 11) is 0. The van der Waals surface area contributed by atoms with Gasteiger partial charge in [-0.25, -0.2) is 4.39 Å². The Labute approximate surface area is 185 Å². The van der Waals surface area contributed by atoms with Crippen LogP contribution in [0, 0.1) is 5.82 Å². The Kier molecular flexibility index (Phi) is 6.23. The van der Waals surface area contributed by atoms with E-state index in [1.807, 2.05) is 0 Å². The maximum Gasteiger partial charge on any atom is 0.312 e. The van der Waals surface area contributed by atoms with Gasteiger partial charge in [-0.1, -0.05) is 35.9 Å². The van der Waals surface area contributed by atoms with Crippen molar-refractivity contribution in [3.63, 3.8) is 0 Å². The van der Waals surface area contributed by atoms with Crippen molar-refractivity contribution in [1.29, 1.82) is 0 Å². The lowest BCUT2D eigenvalue weighted by atomic mass is 10.0. The van der Waals surface area contributed by atoms with Gasteiger partial charge in [0.1, 0.15) is 5.82 Å². The van der Waals surface area contributed by atoms with Crippen molar-refractivity contribution >= 4 is 29.3 Å². The molecule has 0 aliphatic carbocycles. The molecule has 31 heavy (non-hydrogen) atoms. The first-order valence-corrected chi connectivity index (χ1v) is 10.7. The van der Waals surface area contributed by atoms with Gasteiger partial charge in [0.05, 0.1) is 10.6 Å². The Balaban J connectivity index is 1.34. The van der Waals surface area contributed by atoms with Gasteiger partial charge in [-0.3, -0.25) is 14.4 Å². The first kappa shape index (κ1) is 21.3. The van der Waals surface area contributed by atoms with E-state index in [2.05, 4.69) is 0 Å². The maximum atomic E-state index is 13.4. The second-order valence-corrected chi connectivity index (χ2v) is 8.27. The van der Waals surface area contributed by atoms with E-state index in [9.17, 15) is 18.8 Å². The largest absolute Gasteiger partial charge is 0.338 e. The molecule has 2 aromatic carbocycles. The molecule has 0 spiro atoms. The van der Waals surface area contributed by atoms with Gasteiger partial charge >= 0.3 is 11.8 Å². The molecule has 8 heteroatoms. The second-order valence-electron chi connectivity index (χ2n) is 7.86. The number of likely N-dealkylation sites (tertiary alicyclic amines) is 1. The summed E-state index contributed by atoms with van der Waals surface area (Å²) in [4.78, 5) is 42.9. The lowest BCUT2D eigenvalue weighted by molar-refractivity contribution is -0.158. The van der Waals surface area contributed by atoms with E-state index >= 15 is 0 Å². The molecule has 0 atom stereocenters. The van der Waals surface area contributed by atoms with Gasteiger partial charge in [0.15, 0.2) is 0 Å². The summed E-state index contributed by atoms with van der Waals surface area (Å²) in [6, 6.07) is 12.9. The highest BCUT2D eigenvalue weighted by Gasteiger charge is 2.38. The van der Waals surface area contributed by atoms with Gasteiger partial charge in [0, 0.05) is 38.8 Å². The van der Waals surface area contributed by atoms with Gasteiger partial charge in [0.2, 0.25) is 0 Å². The number of piperidine rings is 1. The molecule has 2 aromatic rings. The highest BCUT2D eigenvalue weighted by molar-refractivity contribution is 6.35. The molecule has 0 bridgehead atoms. The highest BCUT2D eigenvalue weighted by Crippen LogP contribution is 2.24. The van der Waals surface area contributed by atoms with Crippen LogP contribution in [0.15, 0.2) is 48.5 Å². The predicted octanol–water partition coefficient (Wildman–Crippen LogP) is 2.95. The molecule has 0 radical (unpaired) electrons. The van der Waals surface area contributed by atoms with Gasteiger partial charge in [-0.05, 0) is 42.7 Å². The highest BCUT2D eigenvalue weighted by atomic mass is 35.5. The molecule has 2 fully saturated rings. The SMILES string of the molecule is O=C1C(=O)N(C2CCN(C(=O)c3ccccc3Cl)CC2)CCN1Cc1cccc(F)c1. The van der Waals surface area contributed by atoms with Crippen molar-refractivity contribution in [3.8, 4) is 0 Å². The first-order valence-electron chi connectivity index (χ1n) is 10.3. The van der Waals surface area contributed by atoms with Crippen LogP contribution in [0.25, 0.3) is 0 Å². The molecule has 0 aromatic heterocycles. The third-order valence-corrected chi connectivity index (χ3v) is 6.23. The number of nitrogens with zero attached hydrogens (tertiary/aromatic N) is 3. The van der Waals surface area contributed by atoms with E-state index in [-0.39, 0.29) is 24.3 Å². The molecule has 3 amide bonds. The van der Waals surface area contributed by atoms with E-state index in [4.69, 9.17) is 11.6 Å². The Morgan fingerprint density at radius 1 is 0.968 bits per heavy atom. The molecule has 6 nitrogen and oxygen atoms in total. The Morgan fingerprint density at radius 3 is 2.42 bits per heavy atom. The van der Waals surface area contributed by atoms with Crippen LogP contribution in [0.2, 0.25) is 5.02 Å². The summed E-state index contributed by atoms with van der Waals surface area (Å²) in [5, 5.41) is 0.421. The molecule has 0 N–H and O–H groups in total. The van der Waals surface area contributed by atoms with Crippen LogP contribution >= 0.6 is 11.6 Å². The van der Waals surface area contributed by atoms with Crippen LogP contribution < -0.4 is 0 Å². The summed E-state index contributed by atoms with van der Waals surface area (Å²) >= 11 is 6.14. The molecule has 2 heterocycles. The van der Waals surface area contributed by atoms with Crippen molar-refractivity contribution in [3.05, 3.63) is 70.5 Å². The number of piperazine rings is 1. The van der Waals surface area contributed by atoms with E-state index < -0.39 is 11.8 Å². The number of benzene rings is 2. The van der Waals surface area contributed by atoms with Gasteiger partial charge in [-0.15, -0.1) is 0 Å². The minimum Gasteiger partial charge on any atom is -0.338 e. The second kappa shape index (κ2) is 9.06. The van der Waals surface area contributed by atoms with Crippen molar-refractivity contribution in [2.45, 2.75) is 25.4 Å². The number of rotatable bonds is 4. The smallest absolute Gasteiger partial charge is 0.312 e. The summed E-state index contributed by atoms with van der Waals surface area (Å²) in [5.74, 6) is -1.58. The Hall–Kier alpha value is -2.93. The number of hydrogen-bond donors (Lipinski definition) is 0. The third-order valence-electron chi connectivity index (χ3n) is 5.90. The van der Waals surface area contributed by atoms with Crippen molar-refractivity contribution < 1.29 is 18.8 Å². The molecular weight excluding hydrogens is 421 g/mol. The lowest BCUT2D eigenvalue weighted by Gasteiger charge is -2.42. The Bertz CT molecular complexity index is 1010. The summed E-state index contributed by atoms with van der Waals surface area (Å²) in [6.45, 7) is 2.04. The number of amides is 3. The molecule has 4 rings (SSSR count). The average Bonchev–Trinajstić information content (AvgIpc) is 2.77. The minimum atomic E-state index is -0.565. The van der Waals surface area contributed by atoms with E-state index in [0.29, 0.717) is 55.2 Å². The van der Waals surface area contributed by atoms with Crippen molar-refractivity contribution in [2.75, 3.05) is 26.2 Å². The zero-order chi connectivity index (χ0) is 22.0. The topological polar surface area (TPSA) is 60.9 Å². The molecule has 0 unspecified atom stereocenters. The van der Waals surface area contributed by atoms with E-state index in [0.717, 1.165) is 0 Å². The normalized spacial score (nSPS) is 17.9. The number of carbonyl (C=O) groups is 3. The summed E-state index contributed by atoms with van der Waals surface area (Å²) in [6.07, 6.45) is 1.22. The zero-order valence-electron chi connectivity index (χ0n) is 17.0. The van der Waals surface area contributed by atoms with Gasteiger partial charge < -0.3 is 14.7 Å². The standard InChI is InChI=1S/C23H23ClFN3O3/c24-20-7-2-1-6-19(20)21(29)26-10-8-18(9-11-26)28-13-12-27(22(30)23(28)31)15-16-4-3-5-17(25)14-16/h1-7,14,18H,8-13,15H2. The minimum absolute atomic E-state index is 0.0805. The van der Waals surface area contributed by atoms with Crippen LogP contribution in [0.1, 0.15) is 28.8 Å². The molecule has 2 aliphatic rings. The fraction of sp³-hybridized carbons (Fsp3) is 0.348. The summed E-state index contributed by atoms with van der Waals surface area (Å²) < 4.78 is 13.4. The van der Waals surface area contributed by atoms with Crippen LogP contribution in [0.4, 0.5) is 4.39 Å².